The van der Waals surface area contributed by atoms with Crippen LogP contribution in [-0.4, -0.2) is 41.5 Å². The van der Waals surface area contributed by atoms with E-state index in [1.54, 1.807) is 26.1 Å². The first-order valence-electron chi connectivity index (χ1n) is 8.29. The van der Waals surface area contributed by atoms with E-state index in [4.69, 9.17) is 5.11 Å². The molecule has 0 aliphatic heterocycles. The molecule has 7 heteroatoms. The maximum atomic E-state index is 12.0. The number of hydrogen-bond donors (Lipinski definition) is 3. The standard InChI is InChI=1S/C18H27N3O4/c1-12(2)8-16(22)20-15-7-5-6-14(9-15)10-19-18(25)21(4)11-13(3)17(23)24/h5-7,9,12-13H,8,10-11H2,1-4H3,(H,19,25)(H,20,22)(H,23,24). The Morgan fingerprint density at radius 1 is 1.20 bits per heavy atom. The Labute approximate surface area is 148 Å². The number of amides is 3. The fourth-order valence-corrected chi connectivity index (χ4v) is 2.23. The number of carbonyl (C=O) groups excluding carboxylic acids is 2. The molecule has 0 saturated carbocycles. The number of aliphatic carboxylic acids is 1. The number of urea groups is 1. The monoisotopic (exact) mass is 349 g/mol. The van der Waals surface area contributed by atoms with Crippen molar-refractivity contribution < 1.29 is 19.5 Å². The van der Waals surface area contributed by atoms with Gasteiger partial charge in [0, 0.05) is 32.2 Å². The fourth-order valence-electron chi connectivity index (χ4n) is 2.23. The van der Waals surface area contributed by atoms with Crippen molar-refractivity contribution in [1.29, 1.82) is 0 Å². The van der Waals surface area contributed by atoms with Crippen LogP contribution in [0.5, 0.6) is 0 Å². The summed E-state index contributed by atoms with van der Waals surface area (Å²) < 4.78 is 0. The highest BCUT2D eigenvalue weighted by atomic mass is 16.4. The van der Waals surface area contributed by atoms with Gasteiger partial charge < -0.3 is 20.6 Å². The van der Waals surface area contributed by atoms with Gasteiger partial charge in [-0.15, -0.1) is 0 Å². The van der Waals surface area contributed by atoms with E-state index < -0.39 is 11.9 Å². The summed E-state index contributed by atoms with van der Waals surface area (Å²) in [5.41, 5.74) is 1.53. The van der Waals surface area contributed by atoms with Crippen LogP contribution in [0.15, 0.2) is 24.3 Å². The van der Waals surface area contributed by atoms with E-state index >= 15 is 0 Å². The van der Waals surface area contributed by atoms with Gasteiger partial charge in [0.05, 0.1) is 5.92 Å². The van der Waals surface area contributed by atoms with E-state index in [9.17, 15) is 14.4 Å². The molecule has 0 aliphatic carbocycles. The number of rotatable bonds is 8. The van der Waals surface area contributed by atoms with Crippen LogP contribution in [0.4, 0.5) is 10.5 Å². The van der Waals surface area contributed by atoms with Gasteiger partial charge in [0.2, 0.25) is 5.91 Å². The predicted molar refractivity (Wildman–Crippen MR) is 96.2 cm³/mol. The molecule has 3 N–H and O–H groups in total. The number of benzene rings is 1. The second-order valence-corrected chi connectivity index (χ2v) is 6.63. The molecular formula is C18H27N3O4. The smallest absolute Gasteiger partial charge is 0.317 e. The van der Waals surface area contributed by atoms with E-state index in [0.717, 1.165) is 5.56 Å². The zero-order chi connectivity index (χ0) is 19.0. The van der Waals surface area contributed by atoms with E-state index in [-0.39, 0.29) is 24.4 Å². The molecular weight excluding hydrogens is 322 g/mol. The minimum absolute atomic E-state index is 0.0430. The number of nitrogens with one attached hydrogen (secondary N) is 2. The summed E-state index contributed by atoms with van der Waals surface area (Å²) in [4.78, 5) is 36.0. The maximum Gasteiger partial charge on any atom is 0.317 e. The van der Waals surface area contributed by atoms with Gasteiger partial charge in [-0.2, -0.15) is 0 Å². The quantitative estimate of drug-likeness (QED) is 0.671. The molecule has 138 valence electrons. The second kappa shape index (κ2) is 9.66. The topological polar surface area (TPSA) is 98.7 Å². The minimum Gasteiger partial charge on any atom is -0.481 e. The van der Waals surface area contributed by atoms with E-state index in [1.807, 2.05) is 26.0 Å². The Morgan fingerprint density at radius 3 is 2.48 bits per heavy atom. The van der Waals surface area contributed by atoms with Gasteiger partial charge >= 0.3 is 12.0 Å². The first-order valence-corrected chi connectivity index (χ1v) is 8.29. The molecule has 0 fully saturated rings. The molecule has 0 radical (unpaired) electrons. The average molecular weight is 349 g/mol. The summed E-state index contributed by atoms with van der Waals surface area (Å²) in [6.07, 6.45) is 0.452. The molecule has 0 heterocycles. The summed E-state index contributed by atoms with van der Waals surface area (Å²) in [6, 6.07) is 6.91. The molecule has 1 aromatic carbocycles. The van der Waals surface area contributed by atoms with Crippen molar-refractivity contribution in [2.24, 2.45) is 11.8 Å². The van der Waals surface area contributed by atoms with E-state index in [1.165, 1.54) is 4.90 Å². The number of hydrogen-bond acceptors (Lipinski definition) is 3. The number of anilines is 1. The van der Waals surface area contributed by atoms with Crippen LogP contribution in [0.1, 0.15) is 32.8 Å². The van der Waals surface area contributed by atoms with Crippen LogP contribution in [-0.2, 0) is 16.1 Å². The predicted octanol–water partition coefficient (Wildman–Crippen LogP) is 2.53. The van der Waals surface area contributed by atoms with E-state index in [0.29, 0.717) is 18.7 Å². The first kappa shape index (κ1) is 20.5. The molecule has 1 unspecified atom stereocenters. The number of nitrogens with zero attached hydrogens (tertiary/aromatic N) is 1. The molecule has 0 aromatic heterocycles. The first-order chi connectivity index (χ1) is 11.7. The van der Waals surface area contributed by atoms with Crippen LogP contribution in [0.3, 0.4) is 0 Å². The molecule has 25 heavy (non-hydrogen) atoms. The number of carbonyl (C=O) groups is 3. The molecule has 0 aliphatic rings. The van der Waals surface area contributed by atoms with Crippen LogP contribution in [0, 0.1) is 11.8 Å². The summed E-state index contributed by atoms with van der Waals surface area (Å²) in [6.45, 7) is 5.93. The van der Waals surface area contributed by atoms with Gasteiger partial charge in [0.25, 0.3) is 0 Å². The highest BCUT2D eigenvalue weighted by Crippen LogP contribution is 2.12. The third-order valence-electron chi connectivity index (χ3n) is 3.56. The Balaban J connectivity index is 2.54. The highest BCUT2D eigenvalue weighted by molar-refractivity contribution is 5.90. The Kier molecular flexibility index (Phi) is 7.91. The molecule has 7 nitrogen and oxygen atoms in total. The largest absolute Gasteiger partial charge is 0.481 e. The third-order valence-corrected chi connectivity index (χ3v) is 3.56. The normalized spacial score (nSPS) is 11.7. The third kappa shape index (κ3) is 7.69. The van der Waals surface area contributed by atoms with Crippen molar-refractivity contribution in [1.82, 2.24) is 10.2 Å². The zero-order valence-electron chi connectivity index (χ0n) is 15.2. The molecule has 0 saturated heterocycles. The Hall–Kier alpha value is -2.57. The maximum absolute atomic E-state index is 12.0. The Bertz CT molecular complexity index is 616. The minimum atomic E-state index is -0.940. The second-order valence-electron chi connectivity index (χ2n) is 6.63. The molecule has 0 spiro atoms. The van der Waals surface area contributed by atoms with Crippen LogP contribution >= 0.6 is 0 Å². The van der Waals surface area contributed by atoms with Crippen molar-refractivity contribution in [3.05, 3.63) is 29.8 Å². The average Bonchev–Trinajstić information content (AvgIpc) is 2.51. The van der Waals surface area contributed by atoms with Crippen LogP contribution < -0.4 is 10.6 Å². The molecule has 3 amide bonds. The lowest BCUT2D eigenvalue weighted by molar-refractivity contribution is -0.141. The summed E-state index contributed by atoms with van der Waals surface area (Å²) in [5.74, 6) is -1.33. The zero-order valence-corrected chi connectivity index (χ0v) is 15.2. The summed E-state index contributed by atoms with van der Waals surface area (Å²) in [5, 5.41) is 14.5. The van der Waals surface area contributed by atoms with Crippen molar-refractivity contribution >= 4 is 23.6 Å². The number of carboxylic acid groups (broad SMARTS) is 1. The number of carboxylic acids is 1. The summed E-state index contributed by atoms with van der Waals surface area (Å²) in [7, 11) is 1.55. The van der Waals surface area contributed by atoms with Gasteiger partial charge in [-0.3, -0.25) is 9.59 Å². The SMILES string of the molecule is CC(C)CC(=O)Nc1cccc(CNC(=O)N(C)CC(C)C(=O)O)c1. The van der Waals surface area contributed by atoms with Crippen molar-refractivity contribution in [2.45, 2.75) is 33.7 Å². The fraction of sp³-hybridized carbons (Fsp3) is 0.500. The van der Waals surface area contributed by atoms with Gasteiger partial charge in [-0.25, -0.2) is 4.79 Å². The summed E-state index contributed by atoms with van der Waals surface area (Å²) >= 11 is 0. The lowest BCUT2D eigenvalue weighted by atomic mass is 10.1. The van der Waals surface area contributed by atoms with Crippen molar-refractivity contribution in [3.8, 4) is 0 Å². The van der Waals surface area contributed by atoms with Crippen LogP contribution in [0.2, 0.25) is 0 Å². The lowest BCUT2D eigenvalue weighted by Crippen LogP contribution is -2.40. The van der Waals surface area contributed by atoms with E-state index in [2.05, 4.69) is 10.6 Å². The van der Waals surface area contributed by atoms with Gasteiger partial charge in [0.15, 0.2) is 0 Å². The van der Waals surface area contributed by atoms with Crippen molar-refractivity contribution in [2.75, 3.05) is 18.9 Å². The van der Waals surface area contributed by atoms with Crippen LogP contribution in [0.25, 0.3) is 0 Å². The highest BCUT2D eigenvalue weighted by Gasteiger charge is 2.17. The van der Waals surface area contributed by atoms with Crippen molar-refractivity contribution in [3.63, 3.8) is 0 Å². The molecule has 1 rings (SSSR count). The van der Waals surface area contributed by atoms with Gasteiger partial charge in [-0.1, -0.05) is 32.9 Å². The molecule has 1 aromatic rings. The molecule has 0 bridgehead atoms. The lowest BCUT2D eigenvalue weighted by Gasteiger charge is -2.20. The van der Waals surface area contributed by atoms with Gasteiger partial charge in [0.1, 0.15) is 0 Å². The molecule has 1 atom stereocenters. The Morgan fingerprint density at radius 2 is 1.88 bits per heavy atom. The van der Waals surface area contributed by atoms with Gasteiger partial charge in [-0.05, 0) is 23.6 Å².